The maximum Gasteiger partial charge on any atom is 0.409 e. The van der Waals surface area contributed by atoms with Gasteiger partial charge in [0.1, 0.15) is 5.78 Å². The van der Waals surface area contributed by atoms with E-state index in [1.165, 1.54) is 14.2 Å². The number of ketones is 1. The van der Waals surface area contributed by atoms with Gasteiger partial charge in [-0.05, 0) is 60.7 Å². The smallest absolute Gasteiger partial charge is 0.409 e. The Morgan fingerprint density at radius 3 is 2.45 bits per heavy atom. The van der Waals surface area contributed by atoms with Crippen LogP contribution in [-0.4, -0.2) is 63.3 Å². The Kier molecular flexibility index (Phi) is 4.75. The molecule has 172 valence electrons. The van der Waals surface area contributed by atoms with Crippen molar-refractivity contribution in [2.24, 2.45) is 39.9 Å². The maximum absolute atomic E-state index is 13.6. The fourth-order valence-corrected chi connectivity index (χ4v) is 9.34. The van der Waals surface area contributed by atoms with Gasteiger partial charge in [-0.25, -0.2) is 4.79 Å². The minimum absolute atomic E-state index is 0.0433. The molecule has 0 radical (unpaired) electrons. The number of hydrogen-bond acceptors (Lipinski definition) is 6. The molecule has 5 saturated carbocycles. The third-order valence-corrected chi connectivity index (χ3v) is 9.99. The Morgan fingerprint density at radius 1 is 1.03 bits per heavy atom. The van der Waals surface area contributed by atoms with E-state index in [1.54, 1.807) is 7.11 Å². The number of carbonyl (C=O) groups excluding carboxylic acids is 3. The minimum atomic E-state index is -0.553. The Morgan fingerprint density at radius 2 is 1.81 bits per heavy atom. The molecule has 7 nitrogen and oxygen atoms in total. The monoisotopic (exact) mass is 433 g/mol. The van der Waals surface area contributed by atoms with Crippen molar-refractivity contribution in [2.75, 3.05) is 34.4 Å². The summed E-state index contributed by atoms with van der Waals surface area (Å²) in [4.78, 5) is 41.3. The van der Waals surface area contributed by atoms with Crippen molar-refractivity contribution in [1.82, 2.24) is 4.90 Å². The number of esters is 1. The number of fused-ring (bicyclic) bond motifs is 2. The lowest BCUT2D eigenvalue weighted by Gasteiger charge is -2.73. The number of likely N-dealkylation sites (tertiary alicyclic amines) is 1. The Hall–Kier alpha value is -1.63. The van der Waals surface area contributed by atoms with Crippen LogP contribution in [0.2, 0.25) is 0 Å². The van der Waals surface area contributed by atoms with E-state index in [9.17, 15) is 14.4 Å². The second kappa shape index (κ2) is 6.93. The van der Waals surface area contributed by atoms with Crippen LogP contribution in [-0.2, 0) is 23.8 Å². The molecular weight excluding hydrogens is 398 g/mol. The highest BCUT2D eigenvalue weighted by Gasteiger charge is 2.75. The van der Waals surface area contributed by atoms with Crippen molar-refractivity contribution in [3.63, 3.8) is 0 Å². The van der Waals surface area contributed by atoms with Gasteiger partial charge in [0.15, 0.2) is 0 Å². The zero-order chi connectivity index (χ0) is 22.2. The lowest BCUT2D eigenvalue weighted by molar-refractivity contribution is -0.267. The van der Waals surface area contributed by atoms with Crippen LogP contribution in [0.1, 0.15) is 51.9 Å². The molecule has 3 unspecified atom stereocenters. The number of methoxy groups -OCH3 is 3. The molecule has 0 aromatic carbocycles. The standard InChI is InChI=1S/C24H35NO6/c1-22-7-5-8-24(13-25(12-22)21(28)31-4)18(22)15(29-2)11-23-9-6-14(10-16(23)26)17(19(23)24)20(27)30-3/h14-15,17-19H,5-13H2,1-4H3/t14-,15-,17+,18-,19?,22?,23-,24?/m1/s1. The molecule has 1 saturated heterocycles. The fourth-order valence-electron chi connectivity index (χ4n) is 9.34. The van der Waals surface area contributed by atoms with E-state index < -0.39 is 5.41 Å². The topological polar surface area (TPSA) is 82.1 Å². The number of amides is 1. The van der Waals surface area contributed by atoms with Gasteiger partial charge in [-0.15, -0.1) is 0 Å². The van der Waals surface area contributed by atoms with Crippen molar-refractivity contribution in [1.29, 1.82) is 0 Å². The first kappa shape index (κ1) is 21.2. The third kappa shape index (κ3) is 2.58. The predicted molar refractivity (Wildman–Crippen MR) is 111 cm³/mol. The summed E-state index contributed by atoms with van der Waals surface area (Å²) < 4.78 is 16.6. The quantitative estimate of drug-likeness (QED) is 0.623. The van der Waals surface area contributed by atoms with Crippen LogP contribution in [0.3, 0.4) is 0 Å². The summed E-state index contributed by atoms with van der Waals surface area (Å²) in [6.07, 6.45) is 5.44. The van der Waals surface area contributed by atoms with Crippen molar-refractivity contribution >= 4 is 17.8 Å². The molecule has 1 aliphatic heterocycles. The van der Waals surface area contributed by atoms with Gasteiger partial charge in [-0.2, -0.15) is 0 Å². The van der Waals surface area contributed by atoms with E-state index in [1.807, 2.05) is 4.90 Å². The molecule has 6 aliphatic rings. The number of Topliss-reactive ketones (excluding diaryl/α,β-unsaturated/α-hetero) is 1. The molecular formula is C24H35NO6. The fraction of sp³-hybridized carbons (Fsp3) is 0.875. The number of carbonyl (C=O) groups is 3. The molecule has 1 spiro atoms. The van der Waals surface area contributed by atoms with Gasteiger partial charge in [0, 0.05) is 32.0 Å². The molecule has 5 aliphatic carbocycles. The lowest BCUT2D eigenvalue weighted by atomic mass is 9.33. The number of rotatable bonds is 2. The lowest BCUT2D eigenvalue weighted by Crippen LogP contribution is -2.76. The third-order valence-electron chi connectivity index (χ3n) is 9.99. The van der Waals surface area contributed by atoms with Crippen LogP contribution in [0.4, 0.5) is 4.79 Å². The Bertz CT molecular complexity index is 814. The van der Waals surface area contributed by atoms with E-state index >= 15 is 0 Å². The summed E-state index contributed by atoms with van der Waals surface area (Å²) in [7, 11) is 4.65. The zero-order valence-electron chi connectivity index (χ0n) is 19.1. The summed E-state index contributed by atoms with van der Waals surface area (Å²) in [5.74, 6) is -0.0193. The van der Waals surface area contributed by atoms with Gasteiger partial charge < -0.3 is 19.1 Å². The number of piperidine rings is 1. The molecule has 31 heavy (non-hydrogen) atoms. The van der Waals surface area contributed by atoms with Gasteiger partial charge in [-0.1, -0.05) is 13.3 Å². The molecule has 0 aromatic rings. The molecule has 6 fully saturated rings. The molecule has 1 amide bonds. The molecule has 6 rings (SSSR count). The van der Waals surface area contributed by atoms with Crippen molar-refractivity contribution in [3.8, 4) is 0 Å². The predicted octanol–water partition coefficient (Wildman–Crippen LogP) is 3.05. The molecule has 0 aromatic heterocycles. The highest BCUT2D eigenvalue weighted by atomic mass is 16.5. The average molecular weight is 434 g/mol. The summed E-state index contributed by atoms with van der Waals surface area (Å²) in [5, 5.41) is 0. The number of ether oxygens (including phenoxy) is 3. The molecule has 7 heteroatoms. The minimum Gasteiger partial charge on any atom is -0.469 e. The number of nitrogens with zero attached hydrogens (tertiary/aromatic N) is 1. The highest BCUT2D eigenvalue weighted by molar-refractivity contribution is 5.90. The van der Waals surface area contributed by atoms with E-state index in [4.69, 9.17) is 14.2 Å². The second-order valence-electron chi connectivity index (χ2n) is 11.1. The van der Waals surface area contributed by atoms with Crippen molar-refractivity contribution in [2.45, 2.75) is 58.0 Å². The van der Waals surface area contributed by atoms with Gasteiger partial charge in [0.05, 0.1) is 26.2 Å². The van der Waals surface area contributed by atoms with Crippen LogP contribution in [0.5, 0.6) is 0 Å². The summed E-state index contributed by atoms with van der Waals surface area (Å²) in [6, 6.07) is 0. The summed E-state index contributed by atoms with van der Waals surface area (Å²) >= 11 is 0. The van der Waals surface area contributed by atoms with Crippen LogP contribution in [0.15, 0.2) is 0 Å². The van der Waals surface area contributed by atoms with E-state index in [0.29, 0.717) is 31.7 Å². The van der Waals surface area contributed by atoms with E-state index in [2.05, 4.69) is 6.92 Å². The van der Waals surface area contributed by atoms with Crippen LogP contribution >= 0.6 is 0 Å². The van der Waals surface area contributed by atoms with Crippen LogP contribution in [0, 0.1) is 39.9 Å². The van der Waals surface area contributed by atoms with Gasteiger partial charge in [0.2, 0.25) is 0 Å². The van der Waals surface area contributed by atoms with Gasteiger partial charge >= 0.3 is 12.1 Å². The maximum atomic E-state index is 13.6. The van der Waals surface area contributed by atoms with Crippen molar-refractivity contribution in [3.05, 3.63) is 0 Å². The zero-order valence-corrected chi connectivity index (χ0v) is 19.1. The molecule has 0 N–H and O–H groups in total. The Balaban J connectivity index is 1.72. The van der Waals surface area contributed by atoms with Crippen LogP contribution in [0.25, 0.3) is 0 Å². The largest absolute Gasteiger partial charge is 0.469 e. The Labute approximate surface area is 184 Å². The SMILES string of the molecule is COC(=O)[C@@H]1C2C34CCCC(C)(CN(C(=O)OC)C3)[C@H]4[C@H](OC)C[C@@]23CC[C@@H]1CC3=O. The average Bonchev–Trinajstić information content (AvgIpc) is 2.76. The summed E-state index contributed by atoms with van der Waals surface area (Å²) in [6.45, 7) is 3.42. The van der Waals surface area contributed by atoms with E-state index in [-0.39, 0.29) is 52.7 Å². The molecule has 8 atom stereocenters. The first-order valence-corrected chi connectivity index (χ1v) is 11.7. The summed E-state index contributed by atoms with van der Waals surface area (Å²) in [5.41, 5.74) is -1.03. The first-order chi connectivity index (χ1) is 14.8. The van der Waals surface area contributed by atoms with Crippen molar-refractivity contribution < 1.29 is 28.6 Å². The normalized spacial score (nSPS) is 47.9. The van der Waals surface area contributed by atoms with Gasteiger partial charge in [-0.3, -0.25) is 9.59 Å². The van der Waals surface area contributed by atoms with Crippen LogP contribution < -0.4 is 0 Å². The molecule has 4 bridgehead atoms. The van der Waals surface area contributed by atoms with E-state index in [0.717, 1.165) is 32.1 Å². The molecule has 1 heterocycles. The van der Waals surface area contributed by atoms with Gasteiger partial charge in [0.25, 0.3) is 0 Å². The number of hydrogen-bond donors (Lipinski definition) is 0. The second-order valence-corrected chi connectivity index (χ2v) is 11.1. The first-order valence-electron chi connectivity index (χ1n) is 11.7. The highest BCUT2D eigenvalue weighted by Crippen LogP contribution is 2.73.